The van der Waals surface area contributed by atoms with Crippen molar-refractivity contribution in [1.82, 2.24) is 15.2 Å². The molecule has 0 aliphatic carbocycles. The van der Waals surface area contributed by atoms with E-state index < -0.39 is 0 Å². The molecule has 3 heterocycles. The van der Waals surface area contributed by atoms with Gasteiger partial charge in [-0.3, -0.25) is 4.99 Å². The molecular formula is C16H24IN5S2. The molecule has 0 atom stereocenters. The summed E-state index contributed by atoms with van der Waals surface area (Å²) in [6.07, 6.45) is 0. The van der Waals surface area contributed by atoms with Gasteiger partial charge in [-0.05, 0) is 31.4 Å². The van der Waals surface area contributed by atoms with Gasteiger partial charge >= 0.3 is 0 Å². The number of aromatic nitrogens is 1. The van der Waals surface area contributed by atoms with Crippen molar-refractivity contribution in [1.29, 1.82) is 0 Å². The molecule has 1 fully saturated rings. The van der Waals surface area contributed by atoms with E-state index in [0.29, 0.717) is 0 Å². The lowest BCUT2D eigenvalue weighted by atomic mass is 10.3. The van der Waals surface area contributed by atoms with Crippen molar-refractivity contribution < 1.29 is 0 Å². The Labute approximate surface area is 168 Å². The highest BCUT2D eigenvalue weighted by molar-refractivity contribution is 14.0. The minimum atomic E-state index is 0. The molecule has 1 aliphatic rings. The number of halogens is 1. The predicted octanol–water partition coefficient (Wildman–Crippen LogP) is 3.34. The van der Waals surface area contributed by atoms with Crippen LogP contribution in [0.25, 0.3) is 0 Å². The minimum absolute atomic E-state index is 0. The molecule has 0 spiro atoms. The van der Waals surface area contributed by atoms with E-state index in [1.165, 1.54) is 9.88 Å². The van der Waals surface area contributed by atoms with Crippen molar-refractivity contribution in [2.24, 2.45) is 4.99 Å². The minimum Gasteiger partial charge on any atom is -0.360 e. The smallest absolute Gasteiger partial charge is 0.194 e. The van der Waals surface area contributed by atoms with Gasteiger partial charge in [0.25, 0.3) is 0 Å². The summed E-state index contributed by atoms with van der Waals surface area (Å²) in [4.78, 5) is 15.1. The summed E-state index contributed by atoms with van der Waals surface area (Å²) >= 11 is 3.57. The number of guanidine groups is 1. The fourth-order valence-corrected chi connectivity index (χ4v) is 4.35. The fraction of sp³-hybridized carbons (Fsp3) is 0.500. The number of aryl methyl sites for hydroxylation is 2. The lowest BCUT2D eigenvalue weighted by molar-refractivity contribution is 0.373. The van der Waals surface area contributed by atoms with Crippen LogP contribution in [0, 0.1) is 13.8 Å². The van der Waals surface area contributed by atoms with E-state index in [-0.39, 0.29) is 24.0 Å². The molecule has 0 amide bonds. The molecule has 2 aromatic heterocycles. The summed E-state index contributed by atoms with van der Waals surface area (Å²) in [5, 5.41) is 8.08. The van der Waals surface area contributed by atoms with Crippen molar-refractivity contribution in [3.8, 4) is 0 Å². The van der Waals surface area contributed by atoms with Crippen molar-refractivity contribution in [3.05, 3.63) is 33.1 Å². The Balaban J connectivity index is 0.00000208. The lowest BCUT2D eigenvalue weighted by Crippen LogP contribution is -2.52. The normalized spacial score (nSPS) is 15.4. The van der Waals surface area contributed by atoms with Gasteiger partial charge in [0.15, 0.2) is 5.96 Å². The molecule has 0 radical (unpaired) electrons. The van der Waals surface area contributed by atoms with Gasteiger partial charge < -0.3 is 15.1 Å². The standard InChI is InChI=1S/C16H23N5S2.HI/c1-12-13(2)23-14(19-12)11-18-16(17-3)21-8-6-20(7-9-21)15-5-4-10-22-15;/h4-5,10H,6-9,11H2,1-3H3,(H,17,18);1H. The van der Waals surface area contributed by atoms with Gasteiger partial charge in [0.1, 0.15) is 5.01 Å². The molecule has 24 heavy (non-hydrogen) atoms. The first kappa shape index (κ1) is 19.5. The highest BCUT2D eigenvalue weighted by atomic mass is 127. The molecule has 0 bridgehead atoms. The molecule has 3 rings (SSSR count). The van der Waals surface area contributed by atoms with E-state index in [1.54, 1.807) is 11.3 Å². The van der Waals surface area contributed by atoms with Crippen LogP contribution in [0.5, 0.6) is 0 Å². The molecule has 1 aliphatic heterocycles. The fourth-order valence-electron chi connectivity index (χ4n) is 2.69. The van der Waals surface area contributed by atoms with Gasteiger partial charge in [-0.25, -0.2) is 4.98 Å². The van der Waals surface area contributed by atoms with Gasteiger partial charge in [-0.1, -0.05) is 0 Å². The van der Waals surface area contributed by atoms with Crippen molar-refractivity contribution in [2.75, 3.05) is 38.1 Å². The van der Waals surface area contributed by atoms with Crippen LogP contribution >= 0.6 is 46.7 Å². The Bertz CT molecular complexity index is 641. The number of thiazole rings is 1. The third-order valence-electron chi connectivity index (χ3n) is 4.08. The number of thiophene rings is 1. The Kier molecular flexibility index (Phi) is 7.30. The highest BCUT2D eigenvalue weighted by Crippen LogP contribution is 2.22. The van der Waals surface area contributed by atoms with Crippen molar-refractivity contribution >= 4 is 57.6 Å². The second-order valence-corrected chi connectivity index (χ2v) is 7.79. The van der Waals surface area contributed by atoms with Crippen molar-refractivity contribution in [3.63, 3.8) is 0 Å². The van der Waals surface area contributed by atoms with Gasteiger partial charge in [0, 0.05) is 38.1 Å². The predicted molar refractivity (Wildman–Crippen MR) is 115 cm³/mol. The zero-order valence-electron chi connectivity index (χ0n) is 14.3. The molecule has 5 nitrogen and oxygen atoms in total. The van der Waals surface area contributed by atoms with Crippen molar-refractivity contribution in [2.45, 2.75) is 20.4 Å². The zero-order chi connectivity index (χ0) is 16.2. The largest absolute Gasteiger partial charge is 0.360 e. The van der Waals surface area contributed by atoms with Crippen LogP contribution in [0.2, 0.25) is 0 Å². The Morgan fingerprint density at radius 1 is 1.29 bits per heavy atom. The van der Waals surface area contributed by atoms with E-state index in [1.807, 2.05) is 18.4 Å². The SMILES string of the molecule is CN=C(NCc1nc(C)c(C)s1)N1CCN(c2cccs2)CC1.I. The average molecular weight is 477 g/mol. The molecule has 1 saturated heterocycles. The molecular weight excluding hydrogens is 453 g/mol. The van der Waals surface area contributed by atoms with E-state index in [0.717, 1.165) is 49.4 Å². The number of hydrogen-bond donors (Lipinski definition) is 1. The van der Waals surface area contributed by atoms with Gasteiger partial charge in [-0.2, -0.15) is 0 Å². The summed E-state index contributed by atoms with van der Waals surface area (Å²) < 4.78 is 0. The van der Waals surface area contributed by atoms with E-state index in [2.05, 4.69) is 56.5 Å². The second kappa shape index (κ2) is 9.00. The number of nitrogens with one attached hydrogen (secondary N) is 1. The lowest BCUT2D eigenvalue weighted by Gasteiger charge is -2.36. The Morgan fingerprint density at radius 2 is 2.04 bits per heavy atom. The van der Waals surface area contributed by atoms with Gasteiger partial charge in [0.05, 0.1) is 17.2 Å². The van der Waals surface area contributed by atoms with Crippen LogP contribution in [-0.2, 0) is 6.54 Å². The van der Waals surface area contributed by atoms with Crippen LogP contribution in [-0.4, -0.2) is 49.1 Å². The maximum atomic E-state index is 4.58. The van der Waals surface area contributed by atoms with Gasteiger partial charge in [0.2, 0.25) is 0 Å². The van der Waals surface area contributed by atoms with E-state index >= 15 is 0 Å². The molecule has 1 N–H and O–H groups in total. The molecule has 0 saturated carbocycles. The van der Waals surface area contributed by atoms with Crippen LogP contribution in [0.1, 0.15) is 15.6 Å². The van der Waals surface area contributed by atoms with Crippen LogP contribution in [0.3, 0.4) is 0 Å². The topological polar surface area (TPSA) is 43.8 Å². The Morgan fingerprint density at radius 3 is 2.58 bits per heavy atom. The number of piperazine rings is 1. The Hall–Kier alpha value is -0.870. The zero-order valence-corrected chi connectivity index (χ0v) is 18.2. The van der Waals surface area contributed by atoms with Gasteiger partial charge in [-0.15, -0.1) is 46.7 Å². The quantitative estimate of drug-likeness (QED) is 0.419. The summed E-state index contributed by atoms with van der Waals surface area (Å²) in [7, 11) is 1.85. The number of anilines is 1. The molecule has 2 aromatic rings. The number of aliphatic imine (C=N–C) groups is 1. The molecule has 0 aromatic carbocycles. The maximum absolute atomic E-state index is 4.58. The molecule has 0 unspecified atom stereocenters. The van der Waals surface area contributed by atoms with Crippen LogP contribution < -0.4 is 10.2 Å². The van der Waals surface area contributed by atoms with E-state index in [9.17, 15) is 0 Å². The van der Waals surface area contributed by atoms with E-state index in [4.69, 9.17) is 0 Å². The third kappa shape index (κ3) is 4.60. The summed E-state index contributed by atoms with van der Waals surface area (Å²) in [5.41, 5.74) is 1.13. The first-order valence-corrected chi connectivity index (χ1v) is 9.54. The maximum Gasteiger partial charge on any atom is 0.194 e. The number of nitrogens with zero attached hydrogens (tertiary/aromatic N) is 4. The molecule has 132 valence electrons. The highest BCUT2D eigenvalue weighted by Gasteiger charge is 2.20. The molecule has 8 heteroatoms. The van der Waals surface area contributed by atoms with Crippen LogP contribution in [0.4, 0.5) is 5.00 Å². The summed E-state index contributed by atoms with van der Waals surface area (Å²) in [6, 6.07) is 4.31. The second-order valence-electron chi connectivity index (χ2n) is 5.58. The average Bonchev–Trinajstić information content (AvgIpc) is 3.19. The monoisotopic (exact) mass is 477 g/mol. The summed E-state index contributed by atoms with van der Waals surface area (Å²) in [6.45, 7) is 8.99. The first-order chi connectivity index (χ1) is 11.2. The first-order valence-electron chi connectivity index (χ1n) is 7.84. The van der Waals surface area contributed by atoms with Crippen LogP contribution in [0.15, 0.2) is 22.5 Å². The number of rotatable bonds is 3. The summed E-state index contributed by atoms with van der Waals surface area (Å²) in [5.74, 6) is 0.973. The third-order valence-corrected chi connectivity index (χ3v) is 6.08. The number of hydrogen-bond acceptors (Lipinski definition) is 5.